The van der Waals surface area contributed by atoms with Gasteiger partial charge in [-0.2, -0.15) is 0 Å². The molecule has 26 heavy (non-hydrogen) atoms. The van der Waals surface area contributed by atoms with Gasteiger partial charge >= 0.3 is 0 Å². The number of benzene rings is 1. The highest BCUT2D eigenvalue weighted by Gasteiger charge is 2.28. The Morgan fingerprint density at radius 2 is 1.77 bits per heavy atom. The Morgan fingerprint density at radius 1 is 1.04 bits per heavy atom. The third kappa shape index (κ3) is 2.87. The fourth-order valence-electron chi connectivity index (χ4n) is 3.41. The van der Waals surface area contributed by atoms with Crippen LogP contribution in [0.15, 0.2) is 30.3 Å². The maximum absolute atomic E-state index is 12.6. The van der Waals surface area contributed by atoms with Gasteiger partial charge in [-0.3, -0.25) is 4.79 Å². The number of aryl methyl sites for hydroxylation is 3. The predicted molar refractivity (Wildman–Crippen MR) is 100 cm³/mol. The van der Waals surface area contributed by atoms with Gasteiger partial charge in [0.25, 0.3) is 5.95 Å². The quantitative estimate of drug-likeness (QED) is 0.779. The van der Waals surface area contributed by atoms with E-state index in [1.165, 1.54) is 0 Å². The first-order chi connectivity index (χ1) is 12.5. The molecule has 1 aliphatic carbocycles. The van der Waals surface area contributed by atoms with Gasteiger partial charge in [-0.25, -0.2) is 14.6 Å². The number of ketones is 1. The number of nitrogens with one attached hydrogen (secondary N) is 1. The fourth-order valence-corrected chi connectivity index (χ4v) is 3.41. The summed E-state index contributed by atoms with van der Waals surface area (Å²) in [4.78, 5) is 21.7. The summed E-state index contributed by atoms with van der Waals surface area (Å²) in [6, 6.07) is 9.90. The molecule has 0 amide bonds. The van der Waals surface area contributed by atoms with Crippen LogP contribution in [0.1, 0.15) is 45.8 Å². The van der Waals surface area contributed by atoms with Crippen LogP contribution in [0.3, 0.4) is 0 Å². The minimum Gasteiger partial charge on any atom is -0.338 e. The van der Waals surface area contributed by atoms with Crippen molar-refractivity contribution in [2.75, 3.05) is 5.32 Å². The number of anilines is 2. The zero-order chi connectivity index (χ0) is 18.3. The molecule has 0 fully saturated rings. The van der Waals surface area contributed by atoms with Gasteiger partial charge in [-0.05, 0) is 51.3 Å². The van der Waals surface area contributed by atoms with Crippen molar-refractivity contribution >= 4 is 17.3 Å². The van der Waals surface area contributed by atoms with Crippen molar-refractivity contribution in [3.63, 3.8) is 0 Å². The van der Waals surface area contributed by atoms with Crippen LogP contribution in [0.4, 0.5) is 11.5 Å². The van der Waals surface area contributed by atoms with Gasteiger partial charge in [-0.15, -0.1) is 5.10 Å². The molecule has 0 saturated carbocycles. The highest BCUT2D eigenvalue weighted by molar-refractivity contribution is 6.03. The molecule has 0 aliphatic heterocycles. The molecule has 2 heterocycles. The van der Waals surface area contributed by atoms with Crippen LogP contribution in [0.25, 0.3) is 5.95 Å². The summed E-state index contributed by atoms with van der Waals surface area (Å²) in [5, 5.41) is 8.03. The van der Waals surface area contributed by atoms with E-state index in [1.807, 2.05) is 51.1 Å². The Bertz CT molecular complexity index is 985. The SMILES string of the molecule is Cc1cc(C)nc(-n2nc(Nc3ccccc3C)c3c2CCCC3=O)n1. The summed E-state index contributed by atoms with van der Waals surface area (Å²) < 4.78 is 1.73. The molecule has 0 saturated heterocycles. The molecule has 1 aromatic carbocycles. The van der Waals surface area contributed by atoms with E-state index in [-0.39, 0.29) is 5.78 Å². The average molecular weight is 347 g/mol. The molecule has 0 radical (unpaired) electrons. The van der Waals surface area contributed by atoms with Gasteiger partial charge in [0.2, 0.25) is 0 Å². The number of fused-ring (bicyclic) bond motifs is 1. The number of carbonyl (C=O) groups is 1. The van der Waals surface area contributed by atoms with Gasteiger partial charge in [-0.1, -0.05) is 18.2 Å². The smallest absolute Gasteiger partial charge is 0.251 e. The summed E-state index contributed by atoms with van der Waals surface area (Å²) >= 11 is 0. The number of Topliss-reactive ketones (excluding diaryl/α,β-unsaturated/α-hetero) is 1. The lowest BCUT2D eigenvalue weighted by Gasteiger charge is -2.13. The molecule has 132 valence electrons. The van der Waals surface area contributed by atoms with Gasteiger partial charge in [0.1, 0.15) is 0 Å². The maximum atomic E-state index is 12.6. The Kier molecular flexibility index (Phi) is 4.03. The van der Waals surface area contributed by atoms with E-state index >= 15 is 0 Å². The highest BCUT2D eigenvalue weighted by atomic mass is 16.1. The second-order valence-electron chi connectivity index (χ2n) is 6.75. The minimum absolute atomic E-state index is 0.123. The Balaban J connectivity index is 1.86. The minimum atomic E-state index is 0.123. The molecular formula is C20H21N5O. The molecule has 6 nitrogen and oxygen atoms in total. The van der Waals surface area contributed by atoms with Crippen LogP contribution in [-0.4, -0.2) is 25.5 Å². The van der Waals surface area contributed by atoms with Crippen LogP contribution in [0.2, 0.25) is 0 Å². The first-order valence-electron chi connectivity index (χ1n) is 8.83. The topological polar surface area (TPSA) is 72.7 Å². The Morgan fingerprint density at radius 3 is 2.50 bits per heavy atom. The number of para-hydroxylation sites is 1. The molecule has 0 unspecified atom stereocenters. The Hall–Kier alpha value is -3.02. The molecule has 0 atom stereocenters. The number of nitrogens with zero attached hydrogens (tertiary/aromatic N) is 4. The van der Waals surface area contributed by atoms with Gasteiger partial charge in [0.15, 0.2) is 11.6 Å². The number of hydrogen-bond acceptors (Lipinski definition) is 5. The van der Waals surface area contributed by atoms with Crippen LogP contribution >= 0.6 is 0 Å². The van der Waals surface area contributed by atoms with Crippen molar-refractivity contribution in [1.82, 2.24) is 19.7 Å². The maximum Gasteiger partial charge on any atom is 0.251 e. The van der Waals surface area contributed by atoms with E-state index in [2.05, 4.69) is 15.3 Å². The third-order valence-corrected chi connectivity index (χ3v) is 4.64. The van der Waals surface area contributed by atoms with Crippen LogP contribution < -0.4 is 5.32 Å². The predicted octanol–water partition coefficient (Wildman–Crippen LogP) is 3.85. The van der Waals surface area contributed by atoms with Crippen molar-refractivity contribution in [2.45, 2.75) is 40.0 Å². The van der Waals surface area contributed by atoms with E-state index in [1.54, 1.807) is 4.68 Å². The summed E-state index contributed by atoms with van der Waals surface area (Å²) in [5.74, 6) is 1.23. The van der Waals surface area contributed by atoms with Crippen molar-refractivity contribution in [3.8, 4) is 5.95 Å². The van der Waals surface area contributed by atoms with Gasteiger partial charge < -0.3 is 5.32 Å². The van der Waals surface area contributed by atoms with E-state index < -0.39 is 0 Å². The third-order valence-electron chi connectivity index (χ3n) is 4.64. The highest BCUT2D eigenvalue weighted by Crippen LogP contribution is 2.31. The molecule has 6 heteroatoms. The zero-order valence-corrected chi connectivity index (χ0v) is 15.2. The molecule has 1 aliphatic rings. The lowest BCUT2D eigenvalue weighted by molar-refractivity contribution is 0.0973. The number of hydrogen-bond donors (Lipinski definition) is 1. The van der Waals surface area contributed by atoms with Crippen molar-refractivity contribution < 1.29 is 4.79 Å². The van der Waals surface area contributed by atoms with Crippen LogP contribution in [-0.2, 0) is 6.42 Å². The molecule has 2 aromatic heterocycles. The summed E-state index contributed by atoms with van der Waals surface area (Å²) in [6.45, 7) is 5.90. The van der Waals surface area contributed by atoms with Gasteiger partial charge in [0, 0.05) is 23.5 Å². The molecule has 1 N–H and O–H groups in total. The van der Waals surface area contributed by atoms with Gasteiger partial charge in [0.05, 0.1) is 11.3 Å². The molecular weight excluding hydrogens is 326 g/mol. The lowest BCUT2D eigenvalue weighted by atomic mass is 9.96. The van der Waals surface area contributed by atoms with E-state index in [0.29, 0.717) is 23.8 Å². The van der Waals surface area contributed by atoms with Crippen molar-refractivity contribution in [3.05, 3.63) is 58.5 Å². The number of rotatable bonds is 3. The first kappa shape index (κ1) is 16.4. The Labute approximate surface area is 152 Å². The average Bonchev–Trinajstić information content (AvgIpc) is 2.96. The normalized spacial score (nSPS) is 13.6. The van der Waals surface area contributed by atoms with Crippen molar-refractivity contribution in [2.24, 2.45) is 0 Å². The molecule has 3 aromatic rings. The molecule has 4 rings (SSSR count). The number of aromatic nitrogens is 4. The number of carbonyl (C=O) groups excluding carboxylic acids is 1. The second-order valence-corrected chi connectivity index (χ2v) is 6.75. The second kappa shape index (κ2) is 6.37. The molecule has 0 spiro atoms. The summed E-state index contributed by atoms with van der Waals surface area (Å²) in [7, 11) is 0. The van der Waals surface area contributed by atoms with E-state index in [9.17, 15) is 4.79 Å². The zero-order valence-electron chi connectivity index (χ0n) is 15.2. The summed E-state index contributed by atoms with van der Waals surface area (Å²) in [5.41, 5.74) is 5.37. The van der Waals surface area contributed by atoms with Crippen LogP contribution in [0, 0.1) is 20.8 Å². The van der Waals surface area contributed by atoms with Crippen LogP contribution in [0.5, 0.6) is 0 Å². The van der Waals surface area contributed by atoms with E-state index in [0.717, 1.165) is 41.2 Å². The monoisotopic (exact) mass is 347 g/mol. The largest absolute Gasteiger partial charge is 0.338 e. The molecule has 0 bridgehead atoms. The fraction of sp³-hybridized carbons (Fsp3) is 0.300. The summed E-state index contributed by atoms with van der Waals surface area (Å²) in [6.07, 6.45) is 2.17. The van der Waals surface area contributed by atoms with E-state index in [4.69, 9.17) is 5.10 Å². The van der Waals surface area contributed by atoms with Crippen molar-refractivity contribution in [1.29, 1.82) is 0 Å². The lowest BCUT2D eigenvalue weighted by Crippen LogP contribution is -2.15. The standard InChI is InChI=1S/C20H21N5O/c1-12-7-4-5-8-15(12)23-19-18-16(9-6-10-17(18)26)25(24-19)20-21-13(2)11-14(3)22-20/h4-5,7-8,11H,6,9-10H2,1-3H3,(H,23,24). The first-order valence-corrected chi connectivity index (χ1v) is 8.83.